The molecule has 0 bridgehead atoms. The maximum atomic E-state index is 13.0. The lowest BCUT2D eigenvalue weighted by Gasteiger charge is -2.31. The molecule has 31 heavy (non-hydrogen) atoms. The molecule has 0 amide bonds. The topological polar surface area (TPSA) is 137 Å². The molecule has 0 saturated carbocycles. The highest BCUT2D eigenvalue weighted by Gasteiger charge is 2.34. The minimum absolute atomic E-state index is 0.00176. The van der Waals surface area contributed by atoms with Crippen molar-refractivity contribution in [2.45, 2.75) is 38.5 Å². The molecule has 1 aromatic heterocycles. The van der Waals surface area contributed by atoms with Gasteiger partial charge in [0.25, 0.3) is 0 Å². The van der Waals surface area contributed by atoms with Crippen LogP contribution in [-0.2, 0) is 24.8 Å². The van der Waals surface area contributed by atoms with Gasteiger partial charge in [-0.15, -0.1) is 0 Å². The van der Waals surface area contributed by atoms with E-state index in [1.807, 2.05) is 0 Å². The second kappa shape index (κ2) is 12.0. The molecule has 0 aliphatic rings. The summed E-state index contributed by atoms with van der Waals surface area (Å²) in [5, 5.41) is 20.2. The molecule has 12 heteroatoms. The Hall–Kier alpha value is -2.99. The molecule has 1 atom stereocenters. The number of nitro groups is 1. The van der Waals surface area contributed by atoms with Gasteiger partial charge in [0, 0.05) is 32.4 Å². The molecule has 172 valence electrons. The van der Waals surface area contributed by atoms with Gasteiger partial charge in [-0.05, 0) is 25.0 Å². The summed E-state index contributed by atoms with van der Waals surface area (Å²) < 4.78 is 41.7. The van der Waals surface area contributed by atoms with Crippen LogP contribution >= 0.6 is 0 Å². The summed E-state index contributed by atoms with van der Waals surface area (Å²) in [5.41, 5.74) is -1.20. The summed E-state index contributed by atoms with van der Waals surface area (Å²) in [6.07, 6.45) is 2.84. The lowest BCUT2D eigenvalue weighted by atomic mass is 9.97. The van der Waals surface area contributed by atoms with Gasteiger partial charge in [0.15, 0.2) is 0 Å². The smallest absolute Gasteiger partial charge is 0.313 e. The summed E-state index contributed by atoms with van der Waals surface area (Å²) in [6.45, 7) is -1.38. The number of hydrogen-bond donors (Lipinski definition) is 2. The largest absolute Gasteiger partial charge is 0.469 e. The third kappa shape index (κ3) is 6.76. The van der Waals surface area contributed by atoms with E-state index in [9.17, 15) is 23.7 Å². The van der Waals surface area contributed by atoms with Crippen LogP contribution in [-0.4, -0.2) is 50.0 Å². The van der Waals surface area contributed by atoms with Crippen LogP contribution in [0.3, 0.4) is 0 Å². The Morgan fingerprint density at radius 1 is 1.39 bits per heavy atom. The Bertz CT molecular complexity index is 814. The normalized spacial score (nSPS) is 13.4. The molecule has 1 rings (SSSR count). The van der Waals surface area contributed by atoms with Crippen molar-refractivity contribution in [2.24, 2.45) is 5.92 Å². The average Bonchev–Trinajstić information content (AvgIpc) is 2.75. The number of carbonyl (C=O) groups excluding carboxylic acids is 1. The first-order valence-corrected chi connectivity index (χ1v) is 9.24. The number of esters is 1. The predicted molar refractivity (Wildman–Crippen MR) is 107 cm³/mol. The van der Waals surface area contributed by atoms with Gasteiger partial charge in [-0.1, -0.05) is 6.92 Å². The summed E-state index contributed by atoms with van der Waals surface area (Å²) in [7, 11) is 4.04. The molecular formula is C19H26F2N4O6. The van der Waals surface area contributed by atoms with Crippen LogP contribution in [0.1, 0.15) is 37.4 Å². The highest BCUT2D eigenvalue weighted by molar-refractivity contribution is 5.86. The zero-order chi connectivity index (χ0) is 23.6. The number of pyridine rings is 1. The van der Waals surface area contributed by atoms with Crippen LogP contribution in [0.2, 0.25) is 0 Å². The fourth-order valence-electron chi connectivity index (χ4n) is 3.01. The van der Waals surface area contributed by atoms with Crippen LogP contribution in [0.25, 0.3) is 5.70 Å². The Morgan fingerprint density at radius 3 is 2.52 bits per heavy atom. The molecule has 0 unspecified atom stereocenters. The second-order valence-electron chi connectivity index (χ2n) is 6.51. The standard InChI is InChI=1S/C19H26F2N4O6/c1-12(17(26)29-2)6-5-8-19(30-3,31-4)15-10-13(7-9-23-15)16(24-18(20)21)14(11-22)25(27)28/h7,9-12,18,22,24H,5-6,8H2,1-4H3/b16-14+,22-11?/t12-/m1/s1. The van der Waals surface area contributed by atoms with Gasteiger partial charge in [0.2, 0.25) is 5.79 Å². The number of hydrogen-bond acceptors (Lipinski definition) is 9. The summed E-state index contributed by atoms with van der Waals surface area (Å²) in [5.74, 6) is -2.09. The van der Waals surface area contributed by atoms with Gasteiger partial charge in [-0.3, -0.25) is 19.9 Å². The minimum atomic E-state index is -3.10. The molecule has 1 heterocycles. The molecule has 10 nitrogen and oxygen atoms in total. The number of allylic oxidation sites excluding steroid dienone is 1. The van der Waals surface area contributed by atoms with E-state index in [2.05, 4.69) is 4.98 Å². The van der Waals surface area contributed by atoms with Crippen LogP contribution in [0, 0.1) is 21.4 Å². The number of carbonyl (C=O) groups is 1. The molecular weight excluding hydrogens is 418 g/mol. The minimum Gasteiger partial charge on any atom is -0.469 e. The highest BCUT2D eigenvalue weighted by Crippen LogP contribution is 2.33. The van der Waals surface area contributed by atoms with E-state index in [1.165, 1.54) is 39.7 Å². The van der Waals surface area contributed by atoms with E-state index in [-0.39, 0.29) is 29.6 Å². The first kappa shape index (κ1) is 26.0. The van der Waals surface area contributed by atoms with Crippen molar-refractivity contribution in [1.29, 1.82) is 5.41 Å². The fourth-order valence-corrected chi connectivity index (χ4v) is 3.01. The van der Waals surface area contributed by atoms with Crippen LogP contribution < -0.4 is 5.32 Å². The number of nitrogens with one attached hydrogen (secondary N) is 2. The molecule has 0 radical (unpaired) electrons. The maximum absolute atomic E-state index is 13.0. The van der Waals surface area contributed by atoms with Gasteiger partial charge in [-0.2, -0.15) is 8.78 Å². The highest BCUT2D eigenvalue weighted by atomic mass is 19.3. The second-order valence-corrected chi connectivity index (χ2v) is 6.51. The fraction of sp³-hybridized carbons (Fsp3) is 0.526. The van der Waals surface area contributed by atoms with Crippen molar-refractivity contribution in [2.75, 3.05) is 21.3 Å². The van der Waals surface area contributed by atoms with Crippen molar-refractivity contribution >= 4 is 17.9 Å². The molecule has 0 saturated heterocycles. The van der Waals surface area contributed by atoms with Crippen molar-refractivity contribution in [3.05, 3.63) is 45.4 Å². The van der Waals surface area contributed by atoms with E-state index in [1.54, 1.807) is 12.2 Å². The van der Waals surface area contributed by atoms with Crippen molar-refractivity contribution in [3.63, 3.8) is 0 Å². The van der Waals surface area contributed by atoms with E-state index in [0.717, 1.165) is 0 Å². The lowest BCUT2D eigenvalue weighted by molar-refractivity contribution is -0.413. The van der Waals surface area contributed by atoms with E-state index < -0.39 is 28.7 Å². The average molecular weight is 444 g/mol. The van der Waals surface area contributed by atoms with E-state index >= 15 is 0 Å². The number of aromatic nitrogens is 1. The third-order valence-electron chi connectivity index (χ3n) is 4.69. The molecule has 0 aliphatic carbocycles. The molecule has 2 N–H and O–H groups in total. The summed E-state index contributed by atoms with van der Waals surface area (Å²) in [4.78, 5) is 26.1. The Balaban J connectivity index is 3.33. The van der Waals surface area contributed by atoms with Crippen molar-refractivity contribution < 1.29 is 32.7 Å². The van der Waals surface area contributed by atoms with Crippen LogP contribution in [0.4, 0.5) is 8.78 Å². The zero-order valence-corrected chi connectivity index (χ0v) is 17.7. The van der Waals surface area contributed by atoms with Gasteiger partial charge < -0.3 is 24.9 Å². The Morgan fingerprint density at radius 2 is 2.03 bits per heavy atom. The van der Waals surface area contributed by atoms with Gasteiger partial charge in [0.05, 0.1) is 24.2 Å². The number of alkyl halides is 2. The van der Waals surface area contributed by atoms with Gasteiger partial charge >= 0.3 is 18.2 Å². The summed E-state index contributed by atoms with van der Waals surface area (Å²) in [6, 6.07) is 2.60. The number of rotatable bonds is 13. The van der Waals surface area contributed by atoms with Crippen molar-refractivity contribution in [3.8, 4) is 0 Å². The van der Waals surface area contributed by atoms with Crippen LogP contribution in [0.15, 0.2) is 24.0 Å². The quantitative estimate of drug-likeness (QED) is 0.118. The lowest BCUT2D eigenvalue weighted by Crippen LogP contribution is -2.32. The van der Waals surface area contributed by atoms with Crippen LogP contribution in [0.5, 0.6) is 0 Å². The van der Waals surface area contributed by atoms with Gasteiger partial charge in [0.1, 0.15) is 11.4 Å². The molecule has 1 aromatic rings. The number of nitrogens with zero attached hydrogens (tertiary/aromatic N) is 2. The SMILES string of the molecule is COC(=O)[C@H](C)CCCC(OC)(OC)c1cc(/C(NC(F)F)=C(/C=N)[N+](=O)[O-])ccn1. The number of halogens is 2. The van der Waals surface area contributed by atoms with Crippen molar-refractivity contribution in [1.82, 2.24) is 10.3 Å². The molecule has 0 spiro atoms. The molecule has 0 fully saturated rings. The number of methoxy groups -OCH3 is 3. The third-order valence-corrected chi connectivity index (χ3v) is 4.69. The number of ether oxygens (including phenoxy) is 3. The van der Waals surface area contributed by atoms with Gasteiger partial charge in [-0.25, -0.2) is 0 Å². The summed E-state index contributed by atoms with van der Waals surface area (Å²) >= 11 is 0. The maximum Gasteiger partial charge on any atom is 0.313 e. The first-order chi connectivity index (χ1) is 14.6. The molecule has 0 aliphatic heterocycles. The first-order valence-electron chi connectivity index (χ1n) is 9.24. The monoisotopic (exact) mass is 444 g/mol. The Labute approximate surface area is 178 Å². The molecule has 0 aromatic carbocycles. The zero-order valence-electron chi connectivity index (χ0n) is 17.7. The predicted octanol–water partition coefficient (Wildman–Crippen LogP) is 2.91. The van der Waals surface area contributed by atoms with E-state index in [0.29, 0.717) is 19.1 Å². The Kier molecular flexibility index (Phi) is 10.1. The van der Waals surface area contributed by atoms with E-state index in [4.69, 9.17) is 19.6 Å².